The summed E-state index contributed by atoms with van der Waals surface area (Å²) in [6.45, 7) is 0. The molecule has 2 nitrogen and oxygen atoms in total. The van der Waals surface area contributed by atoms with Crippen molar-refractivity contribution in [2.45, 2.75) is 0 Å². The molecule has 2 heteroatoms. The topological polar surface area (TPSA) is 30.2 Å². The fourth-order valence-electron chi connectivity index (χ4n) is 2.71. The number of benzene rings is 3. The standard InChI is InChI=1S/C19H12O2/c20-19-17(12-14-7-2-4-11-18(14)21-19)16-10-5-8-13-6-1-3-9-15(13)16/h1-12H. The summed E-state index contributed by atoms with van der Waals surface area (Å²) in [7, 11) is 0. The van der Waals surface area contributed by atoms with Crippen molar-refractivity contribution in [2.24, 2.45) is 0 Å². The van der Waals surface area contributed by atoms with Crippen molar-refractivity contribution < 1.29 is 4.42 Å². The van der Waals surface area contributed by atoms with Crippen molar-refractivity contribution in [2.75, 3.05) is 0 Å². The second kappa shape index (κ2) is 4.60. The summed E-state index contributed by atoms with van der Waals surface area (Å²) < 4.78 is 5.44. The van der Waals surface area contributed by atoms with E-state index in [2.05, 4.69) is 0 Å². The Kier molecular flexibility index (Phi) is 2.61. The monoisotopic (exact) mass is 272 g/mol. The predicted octanol–water partition coefficient (Wildman–Crippen LogP) is 4.61. The third-order valence-corrected chi connectivity index (χ3v) is 3.72. The maximum absolute atomic E-state index is 12.3. The Labute approximate surface area is 121 Å². The van der Waals surface area contributed by atoms with Gasteiger partial charge >= 0.3 is 5.63 Å². The maximum Gasteiger partial charge on any atom is 0.344 e. The predicted molar refractivity (Wildman–Crippen MR) is 85.4 cm³/mol. The Morgan fingerprint density at radius 1 is 0.667 bits per heavy atom. The van der Waals surface area contributed by atoms with Crippen molar-refractivity contribution >= 4 is 21.7 Å². The zero-order valence-electron chi connectivity index (χ0n) is 11.2. The minimum atomic E-state index is -0.301. The number of hydrogen-bond acceptors (Lipinski definition) is 2. The molecule has 0 amide bonds. The van der Waals surface area contributed by atoms with Crippen molar-refractivity contribution in [3.63, 3.8) is 0 Å². The fourth-order valence-corrected chi connectivity index (χ4v) is 2.71. The Morgan fingerprint density at radius 2 is 1.38 bits per heavy atom. The van der Waals surface area contributed by atoms with Gasteiger partial charge in [0, 0.05) is 5.39 Å². The third-order valence-electron chi connectivity index (χ3n) is 3.72. The van der Waals surface area contributed by atoms with E-state index in [9.17, 15) is 4.79 Å². The van der Waals surface area contributed by atoms with Gasteiger partial charge in [-0.3, -0.25) is 0 Å². The van der Waals surface area contributed by atoms with Gasteiger partial charge in [0.15, 0.2) is 0 Å². The molecule has 0 aliphatic heterocycles. The van der Waals surface area contributed by atoms with Crippen LogP contribution in [0.15, 0.2) is 82.0 Å². The van der Waals surface area contributed by atoms with Crippen LogP contribution in [0.2, 0.25) is 0 Å². The van der Waals surface area contributed by atoms with E-state index in [1.807, 2.05) is 72.8 Å². The highest BCUT2D eigenvalue weighted by atomic mass is 16.4. The molecule has 0 saturated heterocycles. The first kappa shape index (κ1) is 11.9. The summed E-state index contributed by atoms with van der Waals surface area (Å²) in [6.07, 6.45) is 0. The lowest BCUT2D eigenvalue weighted by Crippen LogP contribution is -2.02. The van der Waals surface area contributed by atoms with Crippen molar-refractivity contribution in [1.29, 1.82) is 0 Å². The van der Waals surface area contributed by atoms with Gasteiger partial charge in [-0.05, 0) is 28.5 Å². The van der Waals surface area contributed by atoms with Crippen LogP contribution in [0.3, 0.4) is 0 Å². The summed E-state index contributed by atoms with van der Waals surface area (Å²) in [5, 5.41) is 3.10. The summed E-state index contributed by atoms with van der Waals surface area (Å²) in [4.78, 5) is 12.3. The molecule has 1 heterocycles. The van der Waals surface area contributed by atoms with Crippen LogP contribution >= 0.6 is 0 Å². The minimum absolute atomic E-state index is 0.301. The number of hydrogen-bond donors (Lipinski definition) is 0. The Morgan fingerprint density at radius 3 is 2.29 bits per heavy atom. The minimum Gasteiger partial charge on any atom is -0.422 e. The van der Waals surface area contributed by atoms with Crippen LogP contribution in [0.5, 0.6) is 0 Å². The molecule has 21 heavy (non-hydrogen) atoms. The molecular weight excluding hydrogens is 260 g/mol. The zero-order valence-corrected chi connectivity index (χ0v) is 11.2. The molecule has 0 bridgehead atoms. The normalized spacial score (nSPS) is 11.0. The van der Waals surface area contributed by atoms with Crippen LogP contribution in [-0.2, 0) is 0 Å². The highest BCUT2D eigenvalue weighted by Gasteiger charge is 2.10. The lowest BCUT2D eigenvalue weighted by atomic mass is 9.99. The van der Waals surface area contributed by atoms with Crippen LogP contribution in [0.1, 0.15) is 0 Å². The van der Waals surface area contributed by atoms with Gasteiger partial charge in [-0.2, -0.15) is 0 Å². The van der Waals surface area contributed by atoms with Gasteiger partial charge in [0.2, 0.25) is 0 Å². The fraction of sp³-hybridized carbons (Fsp3) is 0. The second-order valence-electron chi connectivity index (χ2n) is 5.01. The van der Waals surface area contributed by atoms with E-state index < -0.39 is 0 Å². The molecule has 0 radical (unpaired) electrons. The Balaban J connectivity index is 2.09. The van der Waals surface area contributed by atoms with Crippen LogP contribution in [0.4, 0.5) is 0 Å². The average Bonchev–Trinajstić information content (AvgIpc) is 2.54. The average molecular weight is 272 g/mol. The van der Waals surface area contributed by atoms with Gasteiger partial charge in [0.25, 0.3) is 0 Å². The van der Waals surface area contributed by atoms with Gasteiger partial charge in [-0.15, -0.1) is 0 Å². The summed E-state index contributed by atoms with van der Waals surface area (Å²) in [5.74, 6) is 0. The van der Waals surface area contributed by atoms with E-state index in [-0.39, 0.29) is 5.63 Å². The lowest BCUT2D eigenvalue weighted by Gasteiger charge is -2.06. The van der Waals surface area contributed by atoms with Gasteiger partial charge in [0.1, 0.15) is 5.58 Å². The Bertz CT molecular complexity index is 1010. The Hall–Kier alpha value is -2.87. The van der Waals surface area contributed by atoms with E-state index in [0.29, 0.717) is 11.1 Å². The molecule has 0 saturated carbocycles. The van der Waals surface area contributed by atoms with Crippen LogP contribution in [-0.4, -0.2) is 0 Å². The van der Waals surface area contributed by atoms with Gasteiger partial charge in [-0.25, -0.2) is 4.79 Å². The summed E-state index contributed by atoms with van der Waals surface area (Å²) in [6, 6.07) is 23.5. The molecule has 0 aliphatic rings. The van der Waals surface area contributed by atoms with E-state index in [4.69, 9.17) is 4.42 Å². The van der Waals surface area contributed by atoms with Crippen molar-refractivity contribution in [3.05, 3.63) is 83.2 Å². The highest BCUT2D eigenvalue weighted by Crippen LogP contribution is 2.28. The lowest BCUT2D eigenvalue weighted by molar-refractivity contribution is 0.563. The molecule has 4 rings (SSSR count). The molecule has 0 unspecified atom stereocenters. The highest BCUT2D eigenvalue weighted by molar-refractivity contribution is 5.97. The van der Waals surface area contributed by atoms with Crippen LogP contribution in [0, 0.1) is 0 Å². The van der Waals surface area contributed by atoms with E-state index >= 15 is 0 Å². The van der Waals surface area contributed by atoms with E-state index in [1.54, 1.807) is 0 Å². The van der Waals surface area contributed by atoms with E-state index in [1.165, 1.54) is 0 Å². The van der Waals surface area contributed by atoms with Crippen LogP contribution in [0.25, 0.3) is 32.9 Å². The molecule has 3 aromatic carbocycles. The number of rotatable bonds is 1. The third kappa shape index (κ3) is 1.93. The molecule has 0 aliphatic carbocycles. The smallest absolute Gasteiger partial charge is 0.344 e. The molecule has 0 spiro atoms. The molecule has 0 fully saturated rings. The van der Waals surface area contributed by atoms with Gasteiger partial charge in [0.05, 0.1) is 5.56 Å². The summed E-state index contributed by atoms with van der Waals surface area (Å²) >= 11 is 0. The van der Waals surface area contributed by atoms with Crippen LogP contribution < -0.4 is 5.63 Å². The van der Waals surface area contributed by atoms with Gasteiger partial charge < -0.3 is 4.42 Å². The number of para-hydroxylation sites is 1. The molecule has 0 atom stereocenters. The first-order chi connectivity index (χ1) is 10.3. The summed E-state index contributed by atoms with van der Waals surface area (Å²) in [5.41, 5.74) is 1.83. The first-order valence-corrected chi connectivity index (χ1v) is 6.84. The SMILES string of the molecule is O=c1oc2ccccc2cc1-c1cccc2ccccc12. The first-order valence-electron chi connectivity index (χ1n) is 6.84. The second-order valence-corrected chi connectivity index (χ2v) is 5.01. The quantitative estimate of drug-likeness (QED) is 0.473. The van der Waals surface area contributed by atoms with Crippen molar-refractivity contribution in [3.8, 4) is 11.1 Å². The molecule has 1 aromatic heterocycles. The van der Waals surface area contributed by atoms with Crippen molar-refractivity contribution in [1.82, 2.24) is 0 Å². The van der Waals surface area contributed by atoms with Gasteiger partial charge in [-0.1, -0.05) is 60.7 Å². The number of fused-ring (bicyclic) bond motifs is 2. The molecule has 100 valence electrons. The van der Waals surface area contributed by atoms with E-state index in [0.717, 1.165) is 21.7 Å². The zero-order chi connectivity index (χ0) is 14.2. The molecular formula is C19H12O2. The largest absolute Gasteiger partial charge is 0.422 e. The molecule has 0 N–H and O–H groups in total. The maximum atomic E-state index is 12.3. The molecule has 4 aromatic rings.